The molecule has 0 unspecified atom stereocenters. The van der Waals surface area contributed by atoms with E-state index in [0.717, 1.165) is 32.1 Å². The molecule has 1 aromatic carbocycles. The molecular weight excluding hydrogens is 326 g/mol. The minimum absolute atomic E-state index is 0.0486. The molecule has 1 fully saturated rings. The zero-order chi connectivity index (χ0) is 16.9. The van der Waals surface area contributed by atoms with Gasteiger partial charge in [-0.3, -0.25) is 9.69 Å². The van der Waals surface area contributed by atoms with E-state index in [1.165, 1.54) is 0 Å². The zero-order valence-electron chi connectivity index (χ0n) is 13.5. The monoisotopic (exact) mass is 345 g/mol. The van der Waals surface area contributed by atoms with Crippen molar-refractivity contribution >= 4 is 29.1 Å². The van der Waals surface area contributed by atoms with E-state index < -0.39 is 0 Å². The largest absolute Gasteiger partial charge is 0.338 e. The SMILES string of the molecule is C[C@@H](C(=O)Nc1ccccc1Cl)N1CCN(c2ncccn2)CC1. The fourth-order valence-electron chi connectivity index (χ4n) is 2.73. The van der Waals surface area contributed by atoms with Crippen molar-refractivity contribution in [2.75, 3.05) is 36.4 Å². The Labute approximate surface area is 146 Å². The second kappa shape index (κ2) is 7.59. The molecule has 3 rings (SSSR count). The van der Waals surface area contributed by atoms with Gasteiger partial charge in [0.1, 0.15) is 0 Å². The molecule has 1 atom stereocenters. The van der Waals surface area contributed by atoms with Crippen molar-refractivity contribution in [3.8, 4) is 0 Å². The molecule has 1 aliphatic rings. The van der Waals surface area contributed by atoms with E-state index in [1.807, 2.05) is 19.1 Å². The number of aromatic nitrogens is 2. The summed E-state index contributed by atoms with van der Waals surface area (Å²) in [5, 5.41) is 3.44. The average molecular weight is 346 g/mol. The van der Waals surface area contributed by atoms with Gasteiger partial charge in [-0.15, -0.1) is 0 Å². The Morgan fingerprint density at radius 1 is 1.12 bits per heavy atom. The molecule has 0 saturated carbocycles. The number of rotatable bonds is 4. The Morgan fingerprint density at radius 3 is 2.46 bits per heavy atom. The predicted molar refractivity (Wildman–Crippen MR) is 95.4 cm³/mol. The highest BCUT2D eigenvalue weighted by atomic mass is 35.5. The van der Waals surface area contributed by atoms with Gasteiger partial charge < -0.3 is 10.2 Å². The number of benzene rings is 1. The van der Waals surface area contributed by atoms with Crippen molar-refractivity contribution < 1.29 is 4.79 Å². The molecule has 1 aliphatic heterocycles. The van der Waals surface area contributed by atoms with Crippen LogP contribution < -0.4 is 10.2 Å². The lowest BCUT2D eigenvalue weighted by Gasteiger charge is -2.37. The van der Waals surface area contributed by atoms with Crippen LogP contribution in [0.1, 0.15) is 6.92 Å². The highest BCUT2D eigenvalue weighted by Gasteiger charge is 2.26. The highest BCUT2D eigenvalue weighted by Crippen LogP contribution is 2.21. The fourth-order valence-corrected chi connectivity index (χ4v) is 2.91. The van der Waals surface area contributed by atoms with Crippen LogP contribution in [0.2, 0.25) is 5.02 Å². The number of nitrogens with one attached hydrogen (secondary N) is 1. The number of carbonyl (C=O) groups is 1. The highest BCUT2D eigenvalue weighted by molar-refractivity contribution is 6.33. The number of hydrogen-bond acceptors (Lipinski definition) is 5. The summed E-state index contributed by atoms with van der Waals surface area (Å²) in [5.74, 6) is 0.692. The fraction of sp³-hybridized carbons (Fsp3) is 0.353. The van der Waals surface area contributed by atoms with Gasteiger partial charge in [0.2, 0.25) is 11.9 Å². The minimum Gasteiger partial charge on any atom is -0.338 e. The zero-order valence-corrected chi connectivity index (χ0v) is 14.3. The quantitative estimate of drug-likeness (QED) is 0.921. The first-order valence-electron chi connectivity index (χ1n) is 7.96. The summed E-state index contributed by atoms with van der Waals surface area (Å²) in [4.78, 5) is 25.3. The van der Waals surface area contributed by atoms with Crippen LogP contribution in [-0.2, 0) is 4.79 Å². The maximum Gasteiger partial charge on any atom is 0.241 e. The van der Waals surface area contributed by atoms with Crippen LogP contribution in [0.5, 0.6) is 0 Å². The standard InChI is InChI=1S/C17H20ClN5O/c1-13(16(24)21-15-6-3-2-5-14(15)18)22-9-11-23(12-10-22)17-19-7-4-8-20-17/h2-8,13H,9-12H2,1H3,(H,21,24)/t13-/m0/s1. The molecule has 1 amide bonds. The van der Waals surface area contributed by atoms with E-state index >= 15 is 0 Å². The van der Waals surface area contributed by atoms with E-state index in [0.29, 0.717) is 10.7 Å². The van der Waals surface area contributed by atoms with E-state index in [2.05, 4.69) is 25.1 Å². The Hall–Kier alpha value is -2.18. The number of hydrogen-bond donors (Lipinski definition) is 1. The van der Waals surface area contributed by atoms with Crippen molar-refractivity contribution in [1.82, 2.24) is 14.9 Å². The van der Waals surface area contributed by atoms with Crippen LogP contribution in [-0.4, -0.2) is 53.0 Å². The second-order valence-corrected chi connectivity index (χ2v) is 6.12. The molecular formula is C17H20ClN5O. The summed E-state index contributed by atoms with van der Waals surface area (Å²) in [7, 11) is 0. The molecule has 0 aliphatic carbocycles. The molecule has 1 saturated heterocycles. The lowest BCUT2D eigenvalue weighted by Crippen LogP contribution is -2.53. The number of piperazine rings is 1. The molecule has 0 bridgehead atoms. The molecule has 1 aromatic heterocycles. The number of anilines is 2. The summed E-state index contributed by atoms with van der Waals surface area (Å²) in [6.07, 6.45) is 3.49. The Balaban J connectivity index is 1.56. The van der Waals surface area contributed by atoms with Gasteiger partial charge in [-0.25, -0.2) is 9.97 Å². The third kappa shape index (κ3) is 3.83. The van der Waals surface area contributed by atoms with Gasteiger partial charge in [-0.2, -0.15) is 0 Å². The number of carbonyl (C=O) groups excluding carboxylic acids is 1. The van der Waals surface area contributed by atoms with Gasteiger partial charge in [0.15, 0.2) is 0 Å². The first kappa shape index (κ1) is 16.7. The molecule has 24 heavy (non-hydrogen) atoms. The lowest BCUT2D eigenvalue weighted by atomic mass is 10.2. The third-order valence-electron chi connectivity index (χ3n) is 4.21. The normalized spacial score (nSPS) is 16.7. The Morgan fingerprint density at radius 2 is 1.79 bits per heavy atom. The molecule has 126 valence electrons. The van der Waals surface area contributed by atoms with Crippen molar-refractivity contribution in [2.24, 2.45) is 0 Å². The molecule has 6 nitrogen and oxygen atoms in total. The number of halogens is 1. The van der Waals surface area contributed by atoms with Crippen LogP contribution >= 0.6 is 11.6 Å². The summed E-state index contributed by atoms with van der Waals surface area (Å²) < 4.78 is 0. The summed E-state index contributed by atoms with van der Waals surface area (Å²) in [6, 6.07) is 8.84. The number of nitrogens with zero attached hydrogens (tertiary/aromatic N) is 4. The van der Waals surface area contributed by atoms with Gasteiger partial charge in [0.25, 0.3) is 0 Å². The second-order valence-electron chi connectivity index (χ2n) is 5.72. The maximum absolute atomic E-state index is 12.5. The van der Waals surface area contributed by atoms with Crippen molar-refractivity contribution in [3.63, 3.8) is 0 Å². The Bertz CT molecular complexity index is 688. The van der Waals surface area contributed by atoms with Crippen LogP contribution in [0.3, 0.4) is 0 Å². The van der Waals surface area contributed by atoms with Gasteiger partial charge in [-0.05, 0) is 25.1 Å². The number of para-hydroxylation sites is 1. The predicted octanol–water partition coefficient (Wildman–Crippen LogP) is 2.28. The topological polar surface area (TPSA) is 61.4 Å². The van der Waals surface area contributed by atoms with Gasteiger partial charge in [-0.1, -0.05) is 23.7 Å². The number of amides is 1. The van der Waals surface area contributed by atoms with Crippen molar-refractivity contribution in [1.29, 1.82) is 0 Å². The molecule has 1 N–H and O–H groups in total. The lowest BCUT2D eigenvalue weighted by molar-refractivity contribution is -0.120. The van der Waals surface area contributed by atoms with E-state index in [1.54, 1.807) is 30.6 Å². The van der Waals surface area contributed by atoms with Gasteiger partial charge in [0, 0.05) is 38.6 Å². The van der Waals surface area contributed by atoms with E-state index in [9.17, 15) is 4.79 Å². The molecule has 0 spiro atoms. The van der Waals surface area contributed by atoms with Crippen LogP contribution in [0.15, 0.2) is 42.7 Å². The molecule has 2 heterocycles. The van der Waals surface area contributed by atoms with Crippen molar-refractivity contribution in [2.45, 2.75) is 13.0 Å². The molecule has 7 heteroatoms. The van der Waals surface area contributed by atoms with Gasteiger partial charge >= 0.3 is 0 Å². The van der Waals surface area contributed by atoms with Crippen LogP contribution in [0.4, 0.5) is 11.6 Å². The smallest absolute Gasteiger partial charge is 0.241 e. The van der Waals surface area contributed by atoms with E-state index in [4.69, 9.17) is 11.6 Å². The molecule has 0 radical (unpaired) electrons. The van der Waals surface area contributed by atoms with Gasteiger partial charge in [0.05, 0.1) is 16.8 Å². The maximum atomic E-state index is 12.5. The third-order valence-corrected chi connectivity index (χ3v) is 4.54. The first-order valence-corrected chi connectivity index (χ1v) is 8.34. The summed E-state index contributed by atoms with van der Waals surface area (Å²) in [5.41, 5.74) is 0.646. The van der Waals surface area contributed by atoms with Crippen LogP contribution in [0.25, 0.3) is 0 Å². The summed E-state index contributed by atoms with van der Waals surface area (Å²) in [6.45, 7) is 5.09. The Kier molecular flexibility index (Phi) is 5.27. The van der Waals surface area contributed by atoms with E-state index in [-0.39, 0.29) is 11.9 Å². The minimum atomic E-state index is -0.222. The van der Waals surface area contributed by atoms with Crippen molar-refractivity contribution in [3.05, 3.63) is 47.7 Å². The van der Waals surface area contributed by atoms with Crippen LogP contribution in [0, 0.1) is 0 Å². The molecule has 2 aromatic rings. The first-order chi connectivity index (χ1) is 11.6. The average Bonchev–Trinajstić information content (AvgIpc) is 2.64. The summed E-state index contributed by atoms with van der Waals surface area (Å²) >= 11 is 6.10.